The molecule has 25 heavy (non-hydrogen) atoms. The molecule has 1 aliphatic rings. The predicted octanol–water partition coefficient (Wildman–Crippen LogP) is 4.29. The molecule has 0 saturated carbocycles. The number of nitrogens with zero attached hydrogens (tertiary/aromatic N) is 3. The number of fused-ring (bicyclic) bond motifs is 1. The van der Waals surface area contributed by atoms with Crippen molar-refractivity contribution in [2.75, 3.05) is 18.1 Å². The van der Waals surface area contributed by atoms with E-state index in [1.165, 1.54) is 15.8 Å². The molecule has 3 rings (SSSR count). The highest BCUT2D eigenvalue weighted by Gasteiger charge is 2.20. The highest BCUT2D eigenvalue weighted by Crippen LogP contribution is 2.28. The van der Waals surface area contributed by atoms with Crippen LogP contribution in [0.2, 0.25) is 25.7 Å². The smallest absolute Gasteiger partial charge is 0.220 e. The summed E-state index contributed by atoms with van der Waals surface area (Å²) in [6, 6.07) is 9.46. The molecule has 0 unspecified atom stereocenters. The minimum Gasteiger partial charge on any atom is -0.365 e. The first-order valence-electron chi connectivity index (χ1n) is 9.04. The molecule has 1 aromatic carbocycles. The Bertz CT molecular complexity index is 711. The lowest BCUT2D eigenvalue weighted by molar-refractivity contribution is 0.0792. The fourth-order valence-corrected chi connectivity index (χ4v) is 3.86. The van der Waals surface area contributed by atoms with Crippen LogP contribution in [0.15, 0.2) is 30.6 Å². The van der Waals surface area contributed by atoms with Crippen LogP contribution >= 0.6 is 0 Å². The summed E-state index contributed by atoms with van der Waals surface area (Å²) in [5.74, 6) is -0.281. The van der Waals surface area contributed by atoms with Gasteiger partial charge in [-0.1, -0.05) is 37.8 Å². The quantitative estimate of drug-likeness (QED) is 0.544. The predicted molar refractivity (Wildman–Crippen MR) is 102 cm³/mol. The maximum absolute atomic E-state index is 14.6. The number of imidazole rings is 1. The highest BCUT2D eigenvalue weighted by molar-refractivity contribution is 6.76. The average Bonchev–Trinajstić information content (AvgIpc) is 2.91. The van der Waals surface area contributed by atoms with Crippen molar-refractivity contribution in [3.8, 4) is 0 Å². The van der Waals surface area contributed by atoms with Gasteiger partial charge in [0.25, 0.3) is 0 Å². The minimum absolute atomic E-state index is 0.236. The first-order chi connectivity index (χ1) is 11.9. The molecule has 0 aliphatic carbocycles. The number of ether oxygens (including phenoxy) is 1. The summed E-state index contributed by atoms with van der Waals surface area (Å²) >= 11 is 0. The third-order valence-electron chi connectivity index (χ3n) is 4.62. The first-order valence-corrected chi connectivity index (χ1v) is 12.7. The Morgan fingerprint density at radius 3 is 2.84 bits per heavy atom. The fraction of sp³-hybridized carbons (Fsp3) is 0.526. The molecule has 2 heterocycles. The van der Waals surface area contributed by atoms with E-state index in [1.807, 2.05) is 6.07 Å². The molecule has 4 nitrogen and oxygen atoms in total. The van der Waals surface area contributed by atoms with E-state index < -0.39 is 8.07 Å². The van der Waals surface area contributed by atoms with E-state index in [4.69, 9.17) is 4.74 Å². The third kappa shape index (κ3) is 4.70. The molecule has 0 radical (unpaired) electrons. The summed E-state index contributed by atoms with van der Waals surface area (Å²) in [5.41, 5.74) is 3.03. The van der Waals surface area contributed by atoms with Gasteiger partial charge < -0.3 is 9.64 Å². The SMILES string of the molecule is C[Si](C)(C)CCOCn1cnc(CN2CCCc3ccccc32)c1F. The van der Waals surface area contributed by atoms with Gasteiger partial charge in [0.05, 0.1) is 12.9 Å². The van der Waals surface area contributed by atoms with Gasteiger partial charge in [-0.2, -0.15) is 4.39 Å². The number of hydrogen-bond donors (Lipinski definition) is 0. The van der Waals surface area contributed by atoms with Gasteiger partial charge in [-0.05, 0) is 30.5 Å². The molecule has 0 N–H and O–H groups in total. The van der Waals surface area contributed by atoms with Crippen LogP contribution in [0.25, 0.3) is 0 Å². The van der Waals surface area contributed by atoms with Crippen LogP contribution in [0.4, 0.5) is 10.1 Å². The van der Waals surface area contributed by atoms with Crippen LogP contribution in [0.3, 0.4) is 0 Å². The Kier molecular flexibility index (Phi) is 5.59. The number of rotatable bonds is 7. The Labute approximate surface area is 150 Å². The van der Waals surface area contributed by atoms with Crippen molar-refractivity contribution in [3.63, 3.8) is 0 Å². The maximum atomic E-state index is 14.6. The molecule has 0 saturated heterocycles. The lowest BCUT2D eigenvalue weighted by Gasteiger charge is -2.30. The van der Waals surface area contributed by atoms with E-state index in [9.17, 15) is 4.39 Å². The van der Waals surface area contributed by atoms with Gasteiger partial charge in [0.2, 0.25) is 5.95 Å². The lowest BCUT2D eigenvalue weighted by Crippen LogP contribution is -2.29. The van der Waals surface area contributed by atoms with Crippen molar-refractivity contribution in [2.24, 2.45) is 0 Å². The second-order valence-corrected chi connectivity index (χ2v) is 13.6. The van der Waals surface area contributed by atoms with Crippen molar-refractivity contribution in [1.29, 1.82) is 0 Å². The van der Waals surface area contributed by atoms with Gasteiger partial charge in [0.15, 0.2) is 0 Å². The molecular weight excluding hydrogens is 333 g/mol. The van der Waals surface area contributed by atoms with Crippen LogP contribution < -0.4 is 4.90 Å². The van der Waals surface area contributed by atoms with Crippen molar-refractivity contribution in [1.82, 2.24) is 9.55 Å². The molecule has 2 aromatic rings. The van der Waals surface area contributed by atoms with Gasteiger partial charge in [-0.25, -0.2) is 4.98 Å². The van der Waals surface area contributed by atoms with E-state index >= 15 is 0 Å². The fourth-order valence-electron chi connectivity index (χ4n) is 3.10. The molecule has 0 amide bonds. The summed E-state index contributed by atoms with van der Waals surface area (Å²) in [5, 5.41) is 0. The van der Waals surface area contributed by atoms with E-state index in [-0.39, 0.29) is 12.7 Å². The molecule has 1 aliphatic heterocycles. The number of para-hydroxylation sites is 1. The number of aromatic nitrogens is 2. The third-order valence-corrected chi connectivity index (χ3v) is 6.32. The molecular formula is C19H28FN3OSi. The normalized spacial score (nSPS) is 14.6. The molecule has 0 fully saturated rings. The highest BCUT2D eigenvalue weighted by atomic mass is 28.3. The van der Waals surface area contributed by atoms with Gasteiger partial charge >= 0.3 is 0 Å². The first kappa shape index (κ1) is 18.1. The molecule has 0 bridgehead atoms. The minimum atomic E-state index is -1.12. The number of hydrogen-bond acceptors (Lipinski definition) is 3. The number of halogens is 1. The summed E-state index contributed by atoms with van der Waals surface area (Å²) in [4.78, 5) is 6.51. The summed E-state index contributed by atoms with van der Waals surface area (Å²) in [6.07, 6.45) is 3.74. The standard InChI is InChI=1S/C19H28FN3OSi/c1-25(2,3)12-11-24-15-23-14-21-17(19(23)20)13-22-10-6-8-16-7-4-5-9-18(16)22/h4-5,7,9,14H,6,8,10-13,15H2,1-3H3. The largest absolute Gasteiger partial charge is 0.365 e. The van der Waals surface area contributed by atoms with Crippen molar-refractivity contribution in [2.45, 2.75) is 51.8 Å². The van der Waals surface area contributed by atoms with Crippen molar-refractivity contribution < 1.29 is 9.13 Å². The van der Waals surface area contributed by atoms with Crippen LogP contribution in [0.5, 0.6) is 0 Å². The Morgan fingerprint density at radius 2 is 2.04 bits per heavy atom. The van der Waals surface area contributed by atoms with Crippen LogP contribution in [-0.2, 0) is 24.4 Å². The lowest BCUT2D eigenvalue weighted by atomic mass is 10.0. The van der Waals surface area contributed by atoms with Crippen LogP contribution in [0.1, 0.15) is 17.7 Å². The maximum Gasteiger partial charge on any atom is 0.220 e. The van der Waals surface area contributed by atoms with E-state index in [0.717, 1.165) is 25.4 Å². The monoisotopic (exact) mass is 361 g/mol. The summed E-state index contributed by atoms with van der Waals surface area (Å²) < 4.78 is 21.7. The zero-order valence-electron chi connectivity index (χ0n) is 15.5. The van der Waals surface area contributed by atoms with Gasteiger partial charge in [-0.3, -0.25) is 4.57 Å². The number of aryl methyl sites for hydroxylation is 1. The van der Waals surface area contributed by atoms with Crippen molar-refractivity contribution >= 4 is 13.8 Å². The van der Waals surface area contributed by atoms with Gasteiger partial charge in [0, 0.05) is 26.9 Å². The summed E-state index contributed by atoms with van der Waals surface area (Å²) in [6.45, 7) is 9.29. The van der Waals surface area contributed by atoms with Crippen molar-refractivity contribution in [3.05, 3.63) is 47.8 Å². The summed E-state index contributed by atoms with van der Waals surface area (Å²) in [7, 11) is -1.12. The average molecular weight is 362 g/mol. The Morgan fingerprint density at radius 1 is 1.24 bits per heavy atom. The molecule has 6 heteroatoms. The zero-order chi connectivity index (χ0) is 17.9. The van der Waals surface area contributed by atoms with E-state index in [1.54, 1.807) is 6.33 Å². The Balaban J connectivity index is 1.61. The number of benzene rings is 1. The second kappa shape index (κ2) is 7.70. The van der Waals surface area contributed by atoms with Crippen LogP contribution in [-0.4, -0.2) is 30.8 Å². The number of anilines is 1. The van der Waals surface area contributed by atoms with E-state index in [0.29, 0.717) is 18.8 Å². The molecule has 0 spiro atoms. The topological polar surface area (TPSA) is 30.3 Å². The molecule has 136 valence electrons. The Hall–Kier alpha value is -1.66. The zero-order valence-corrected chi connectivity index (χ0v) is 16.5. The van der Waals surface area contributed by atoms with E-state index in [2.05, 4.69) is 47.7 Å². The van der Waals surface area contributed by atoms with Gasteiger partial charge in [-0.15, -0.1) is 0 Å². The molecule has 1 aromatic heterocycles. The van der Waals surface area contributed by atoms with Gasteiger partial charge in [0.1, 0.15) is 12.4 Å². The second-order valence-electron chi connectivity index (χ2n) is 7.95. The van der Waals surface area contributed by atoms with Crippen LogP contribution in [0, 0.1) is 5.95 Å². The molecule has 0 atom stereocenters.